The Morgan fingerprint density at radius 3 is 2.48 bits per heavy atom. The van der Waals surface area contributed by atoms with Crippen molar-refractivity contribution < 1.29 is 4.74 Å². The van der Waals surface area contributed by atoms with Crippen LogP contribution in [0.25, 0.3) is 16.7 Å². The number of hydrogen-bond donors (Lipinski definition) is 1. The molecule has 0 fully saturated rings. The zero-order chi connectivity index (χ0) is 20.4. The van der Waals surface area contributed by atoms with Crippen LogP contribution in [0.5, 0.6) is 5.75 Å². The molecule has 0 saturated heterocycles. The highest BCUT2D eigenvalue weighted by Crippen LogP contribution is 2.40. The van der Waals surface area contributed by atoms with Crippen LogP contribution >= 0.6 is 23.4 Å². The van der Waals surface area contributed by atoms with Gasteiger partial charge in [0.05, 0.1) is 12.6 Å². The molecule has 0 bridgehead atoms. The molecule has 148 valence electrons. The van der Waals surface area contributed by atoms with Crippen LogP contribution in [-0.2, 0) is 0 Å². The highest BCUT2D eigenvalue weighted by atomic mass is 35.5. The molecule has 0 radical (unpaired) electrons. The van der Waals surface area contributed by atoms with Gasteiger partial charge >= 0.3 is 0 Å². The average Bonchev–Trinajstić information content (AvgIpc) is 2.72. The van der Waals surface area contributed by atoms with Gasteiger partial charge in [-0.05, 0) is 67.4 Å². The van der Waals surface area contributed by atoms with Gasteiger partial charge in [0.15, 0.2) is 0 Å². The monoisotopic (exact) mass is 421 g/mol. The smallest absolute Gasteiger partial charge is 0.126 e. The molecule has 3 aromatic carbocycles. The van der Waals surface area contributed by atoms with Gasteiger partial charge in [0.2, 0.25) is 0 Å². The van der Waals surface area contributed by atoms with Crippen LogP contribution in [0.15, 0.2) is 77.7 Å². The first kappa shape index (κ1) is 19.9. The summed E-state index contributed by atoms with van der Waals surface area (Å²) in [7, 11) is 1.72. The SMILES string of the molecule is COc1ccccc1-c1ccc2c(c1)C(CSc1ccc(Cl)cc1)=CC(C)(C)N2. The molecule has 0 unspecified atom stereocenters. The summed E-state index contributed by atoms with van der Waals surface area (Å²) in [5.41, 5.74) is 5.92. The van der Waals surface area contributed by atoms with E-state index in [0.717, 1.165) is 27.7 Å². The number of methoxy groups -OCH3 is 1. The summed E-state index contributed by atoms with van der Waals surface area (Å²) in [4.78, 5) is 1.22. The normalized spacial score (nSPS) is 14.6. The summed E-state index contributed by atoms with van der Waals surface area (Å²) in [5.74, 6) is 1.78. The lowest BCUT2D eigenvalue weighted by Crippen LogP contribution is -2.32. The van der Waals surface area contributed by atoms with Crippen molar-refractivity contribution in [1.82, 2.24) is 0 Å². The molecular weight excluding hydrogens is 398 g/mol. The first-order chi connectivity index (χ1) is 13.9. The first-order valence-corrected chi connectivity index (χ1v) is 11.0. The molecule has 0 aliphatic carbocycles. The Hall–Kier alpha value is -2.36. The van der Waals surface area contributed by atoms with Gasteiger partial charge in [-0.2, -0.15) is 0 Å². The van der Waals surface area contributed by atoms with E-state index in [9.17, 15) is 0 Å². The second kappa shape index (κ2) is 8.17. The summed E-state index contributed by atoms with van der Waals surface area (Å²) < 4.78 is 5.57. The molecule has 1 aliphatic heterocycles. The standard InChI is InChI=1S/C25H24ClNOS/c1-25(2)15-18(16-29-20-11-9-19(26)10-12-20)22-14-17(8-13-23(22)27-25)21-6-4-5-7-24(21)28-3/h4-15,27H,16H2,1-3H3. The summed E-state index contributed by atoms with van der Waals surface area (Å²) in [6.45, 7) is 4.41. The van der Waals surface area contributed by atoms with Crippen molar-refractivity contribution in [3.05, 3.63) is 83.4 Å². The van der Waals surface area contributed by atoms with Crippen LogP contribution in [0.1, 0.15) is 19.4 Å². The van der Waals surface area contributed by atoms with Crippen LogP contribution in [0.3, 0.4) is 0 Å². The molecule has 2 nitrogen and oxygen atoms in total. The lowest BCUT2D eigenvalue weighted by Gasteiger charge is -2.32. The molecule has 3 aromatic rings. The number of hydrogen-bond acceptors (Lipinski definition) is 3. The van der Waals surface area contributed by atoms with Crippen LogP contribution in [0, 0.1) is 0 Å². The predicted molar refractivity (Wildman–Crippen MR) is 126 cm³/mol. The number of fused-ring (bicyclic) bond motifs is 1. The van der Waals surface area contributed by atoms with Gasteiger partial charge in [0.25, 0.3) is 0 Å². The van der Waals surface area contributed by atoms with Gasteiger partial charge in [-0.25, -0.2) is 0 Å². The van der Waals surface area contributed by atoms with Gasteiger partial charge in [-0.1, -0.05) is 41.9 Å². The van der Waals surface area contributed by atoms with Crippen molar-refractivity contribution in [2.45, 2.75) is 24.3 Å². The predicted octanol–water partition coefficient (Wildman–Crippen LogP) is 7.40. The lowest BCUT2D eigenvalue weighted by molar-refractivity contribution is 0.416. The van der Waals surface area contributed by atoms with Gasteiger partial charge in [-0.15, -0.1) is 11.8 Å². The fourth-order valence-corrected chi connectivity index (χ4v) is 4.69. The minimum Gasteiger partial charge on any atom is -0.496 e. The lowest BCUT2D eigenvalue weighted by atomic mass is 9.89. The third-order valence-corrected chi connectivity index (χ3v) is 6.30. The van der Waals surface area contributed by atoms with Gasteiger partial charge in [-0.3, -0.25) is 0 Å². The molecule has 1 aliphatic rings. The van der Waals surface area contributed by atoms with E-state index in [1.54, 1.807) is 7.11 Å². The molecule has 1 heterocycles. The number of anilines is 1. The van der Waals surface area contributed by atoms with Crippen molar-refractivity contribution in [2.24, 2.45) is 0 Å². The van der Waals surface area contributed by atoms with E-state index in [0.29, 0.717) is 0 Å². The average molecular weight is 422 g/mol. The van der Waals surface area contributed by atoms with Crippen molar-refractivity contribution in [2.75, 3.05) is 18.2 Å². The van der Waals surface area contributed by atoms with E-state index in [-0.39, 0.29) is 5.54 Å². The topological polar surface area (TPSA) is 21.3 Å². The van der Waals surface area contributed by atoms with E-state index in [1.807, 2.05) is 42.1 Å². The zero-order valence-electron chi connectivity index (χ0n) is 16.8. The number of benzene rings is 3. The maximum absolute atomic E-state index is 6.03. The molecule has 4 rings (SSSR count). The molecule has 0 aromatic heterocycles. The third-order valence-electron chi connectivity index (χ3n) is 4.98. The van der Waals surface area contributed by atoms with Crippen molar-refractivity contribution in [3.8, 4) is 16.9 Å². The number of halogens is 1. The molecular formula is C25H24ClNOS. The molecule has 0 amide bonds. The number of ether oxygens (including phenoxy) is 1. The van der Waals surface area contributed by atoms with E-state index in [2.05, 4.69) is 61.6 Å². The van der Waals surface area contributed by atoms with Crippen molar-refractivity contribution in [3.63, 3.8) is 0 Å². The second-order valence-corrected chi connectivity index (χ2v) is 9.20. The summed E-state index contributed by atoms with van der Waals surface area (Å²) in [6, 6.07) is 22.8. The Labute approximate surface area is 181 Å². The summed E-state index contributed by atoms with van der Waals surface area (Å²) >= 11 is 7.86. The number of nitrogens with one attached hydrogen (secondary N) is 1. The van der Waals surface area contributed by atoms with Gasteiger partial charge in [0.1, 0.15) is 5.75 Å². The zero-order valence-corrected chi connectivity index (χ0v) is 18.4. The minimum absolute atomic E-state index is 0.0884. The molecule has 4 heteroatoms. The molecule has 29 heavy (non-hydrogen) atoms. The highest BCUT2D eigenvalue weighted by molar-refractivity contribution is 7.99. The maximum Gasteiger partial charge on any atom is 0.126 e. The summed E-state index contributed by atoms with van der Waals surface area (Å²) in [5, 5.41) is 4.41. The minimum atomic E-state index is -0.0884. The Balaban J connectivity index is 1.69. The molecule has 0 saturated carbocycles. The summed E-state index contributed by atoms with van der Waals surface area (Å²) in [6.07, 6.45) is 2.34. The van der Waals surface area contributed by atoms with Gasteiger partial charge in [0, 0.05) is 32.5 Å². The molecule has 0 atom stereocenters. The van der Waals surface area contributed by atoms with Crippen LogP contribution in [0.2, 0.25) is 5.02 Å². The molecule has 1 N–H and O–H groups in total. The Kier molecular flexibility index (Phi) is 5.62. The fraction of sp³-hybridized carbons (Fsp3) is 0.200. The van der Waals surface area contributed by atoms with E-state index < -0.39 is 0 Å². The fourth-order valence-electron chi connectivity index (χ4n) is 3.68. The Morgan fingerprint density at radius 1 is 0.966 bits per heavy atom. The Morgan fingerprint density at radius 2 is 1.72 bits per heavy atom. The highest BCUT2D eigenvalue weighted by Gasteiger charge is 2.25. The quantitative estimate of drug-likeness (QED) is 0.433. The number of thioether (sulfide) groups is 1. The van der Waals surface area contributed by atoms with Crippen molar-refractivity contribution in [1.29, 1.82) is 0 Å². The first-order valence-electron chi connectivity index (χ1n) is 9.61. The van der Waals surface area contributed by atoms with Crippen LogP contribution < -0.4 is 10.1 Å². The number of para-hydroxylation sites is 1. The van der Waals surface area contributed by atoms with E-state index in [1.165, 1.54) is 21.7 Å². The second-order valence-electron chi connectivity index (χ2n) is 7.72. The van der Waals surface area contributed by atoms with Crippen molar-refractivity contribution >= 4 is 34.6 Å². The number of rotatable bonds is 5. The Bertz CT molecular complexity index is 1060. The van der Waals surface area contributed by atoms with E-state index in [4.69, 9.17) is 16.3 Å². The van der Waals surface area contributed by atoms with Crippen LogP contribution in [-0.4, -0.2) is 18.4 Å². The van der Waals surface area contributed by atoms with E-state index >= 15 is 0 Å². The largest absolute Gasteiger partial charge is 0.496 e. The van der Waals surface area contributed by atoms with Gasteiger partial charge < -0.3 is 10.1 Å². The van der Waals surface area contributed by atoms with Crippen LogP contribution in [0.4, 0.5) is 5.69 Å². The molecule has 0 spiro atoms. The third kappa shape index (κ3) is 4.47. The maximum atomic E-state index is 6.03.